The van der Waals surface area contributed by atoms with Gasteiger partial charge in [-0.15, -0.1) is 0 Å². The van der Waals surface area contributed by atoms with E-state index in [-0.39, 0.29) is 5.75 Å². The van der Waals surface area contributed by atoms with Gasteiger partial charge in [-0.2, -0.15) is 0 Å². The van der Waals surface area contributed by atoms with Crippen molar-refractivity contribution >= 4 is 23.2 Å². The zero-order valence-electron chi connectivity index (χ0n) is 8.67. The van der Waals surface area contributed by atoms with E-state index >= 15 is 0 Å². The van der Waals surface area contributed by atoms with Crippen molar-refractivity contribution in [2.24, 2.45) is 0 Å². The van der Waals surface area contributed by atoms with Gasteiger partial charge in [-0.05, 0) is 31.2 Å². The fourth-order valence-corrected chi connectivity index (χ4v) is 2.08. The molecule has 16 heavy (non-hydrogen) atoms. The first kappa shape index (κ1) is 11.3. The number of aryl methyl sites for hydroxylation is 1. The summed E-state index contributed by atoms with van der Waals surface area (Å²) >= 11 is 11.9. The van der Waals surface area contributed by atoms with Crippen molar-refractivity contribution in [3.8, 4) is 16.9 Å². The zero-order valence-corrected chi connectivity index (χ0v) is 10.2. The fraction of sp³-hybridized carbons (Fsp3) is 0.0769. The molecule has 0 aliphatic heterocycles. The molecule has 0 spiro atoms. The molecule has 2 rings (SSSR count). The van der Waals surface area contributed by atoms with Crippen molar-refractivity contribution < 1.29 is 5.11 Å². The molecule has 0 aromatic heterocycles. The molecular weight excluding hydrogens is 243 g/mol. The molecule has 0 unspecified atom stereocenters. The monoisotopic (exact) mass is 252 g/mol. The Morgan fingerprint density at radius 1 is 0.938 bits per heavy atom. The van der Waals surface area contributed by atoms with E-state index in [9.17, 15) is 5.11 Å². The Balaban J connectivity index is 2.62. The molecule has 0 fully saturated rings. The summed E-state index contributed by atoms with van der Waals surface area (Å²) in [4.78, 5) is 0. The molecular formula is C13H10Cl2O. The topological polar surface area (TPSA) is 20.2 Å². The highest BCUT2D eigenvalue weighted by molar-refractivity contribution is 6.36. The van der Waals surface area contributed by atoms with Crippen molar-refractivity contribution in [3.05, 3.63) is 52.0 Å². The summed E-state index contributed by atoms with van der Waals surface area (Å²) in [6.45, 7) is 1.97. The number of benzene rings is 2. The average Bonchev–Trinajstić information content (AvgIpc) is 2.22. The maximum Gasteiger partial charge on any atom is 0.123 e. The lowest BCUT2D eigenvalue weighted by Crippen LogP contribution is -1.82. The highest BCUT2D eigenvalue weighted by atomic mass is 35.5. The smallest absolute Gasteiger partial charge is 0.123 e. The molecule has 0 atom stereocenters. The highest BCUT2D eigenvalue weighted by Gasteiger charge is 2.08. The first-order chi connectivity index (χ1) is 7.58. The predicted molar refractivity (Wildman–Crippen MR) is 68.3 cm³/mol. The Bertz CT molecular complexity index is 535. The second kappa shape index (κ2) is 4.36. The molecule has 0 radical (unpaired) electrons. The van der Waals surface area contributed by atoms with Gasteiger partial charge in [0, 0.05) is 16.1 Å². The van der Waals surface area contributed by atoms with E-state index in [1.54, 1.807) is 24.3 Å². The maximum absolute atomic E-state index is 9.79. The Kier molecular flexibility index (Phi) is 3.08. The maximum atomic E-state index is 9.79. The van der Waals surface area contributed by atoms with Gasteiger partial charge in [-0.25, -0.2) is 0 Å². The van der Waals surface area contributed by atoms with Crippen molar-refractivity contribution in [1.29, 1.82) is 0 Å². The molecule has 0 aliphatic carbocycles. The summed E-state index contributed by atoms with van der Waals surface area (Å²) in [6.07, 6.45) is 0. The van der Waals surface area contributed by atoms with E-state index in [0.29, 0.717) is 10.0 Å². The first-order valence-corrected chi connectivity index (χ1v) is 5.58. The molecule has 82 valence electrons. The van der Waals surface area contributed by atoms with Gasteiger partial charge in [0.2, 0.25) is 0 Å². The van der Waals surface area contributed by atoms with Crippen LogP contribution >= 0.6 is 23.2 Å². The normalized spacial score (nSPS) is 10.4. The molecule has 0 amide bonds. The van der Waals surface area contributed by atoms with E-state index < -0.39 is 0 Å². The third-order valence-electron chi connectivity index (χ3n) is 2.37. The Labute approximate surface area is 104 Å². The summed E-state index contributed by atoms with van der Waals surface area (Å²) in [5, 5.41) is 10.9. The third kappa shape index (κ3) is 2.16. The number of hydrogen-bond acceptors (Lipinski definition) is 1. The highest BCUT2D eigenvalue weighted by Crippen LogP contribution is 2.35. The van der Waals surface area contributed by atoms with Gasteiger partial charge in [0.1, 0.15) is 5.75 Å². The van der Waals surface area contributed by atoms with Crippen LogP contribution in [0.15, 0.2) is 36.4 Å². The second-order valence-corrected chi connectivity index (χ2v) is 4.49. The average molecular weight is 253 g/mol. The molecule has 2 aromatic carbocycles. The van der Waals surface area contributed by atoms with Crippen LogP contribution < -0.4 is 0 Å². The molecule has 0 heterocycles. The number of halogens is 2. The van der Waals surface area contributed by atoms with Gasteiger partial charge in [0.25, 0.3) is 0 Å². The van der Waals surface area contributed by atoms with E-state index in [1.165, 1.54) is 0 Å². The molecule has 0 saturated carbocycles. The van der Waals surface area contributed by atoms with Gasteiger partial charge >= 0.3 is 0 Å². The third-order valence-corrected chi connectivity index (χ3v) is 2.92. The predicted octanol–water partition coefficient (Wildman–Crippen LogP) is 4.67. The summed E-state index contributed by atoms with van der Waals surface area (Å²) in [5.41, 5.74) is 2.58. The first-order valence-electron chi connectivity index (χ1n) is 4.83. The van der Waals surface area contributed by atoms with E-state index in [0.717, 1.165) is 16.7 Å². The van der Waals surface area contributed by atoms with Gasteiger partial charge in [0.05, 0.1) is 5.02 Å². The van der Waals surface area contributed by atoms with Crippen LogP contribution in [0.5, 0.6) is 5.75 Å². The largest absolute Gasteiger partial charge is 0.507 e. The number of hydrogen-bond donors (Lipinski definition) is 1. The van der Waals surface area contributed by atoms with E-state index in [4.69, 9.17) is 23.2 Å². The Morgan fingerprint density at radius 3 is 2.38 bits per heavy atom. The van der Waals surface area contributed by atoms with Gasteiger partial charge in [-0.3, -0.25) is 0 Å². The number of phenolic OH excluding ortho intramolecular Hbond substituents is 1. The summed E-state index contributed by atoms with van der Waals surface area (Å²) in [6, 6.07) is 10.6. The van der Waals surface area contributed by atoms with Crippen LogP contribution in [0.1, 0.15) is 5.56 Å². The number of rotatable bonds is 1. The molecule has 1 nitrogen and oxygen atoms in total. The van der Waals surface area contributed by atoms with Crippen molar-refractivity contribution in [2.45, 2.75) is 6.92 Å². The minimum atomic E-state index is 0.217. The second-order valence-electron chi connectivity index (χ2n) is 3.64. The van der Waals surface area contributed by atoms with Gasteiger partial charge in [0.15, 0.2) is 0 Å². The summed E-state index contributed by atoms with van der Waals surface area (Å²) < 4.78 is 0. The van der Waals surface area contributed by atoms with Crippen molar-refractivity contribution in [3.63, 3.8) is 0 Å². The minimum Gasteiger partial charge on any atom is -0.507 e. The molecule has 2 aromatic rings. The van der Waals surface area contributed by atoms with Crippen molar-refractivity contribution in [1.82, 2.24) is 0 Å². The summed E-state index contributed by atoms with van der Waals surface area (Å²) in [5.74, 6) is 0.217. The lowest BCUT2D eigenvalue weighted by atomic mass is 10.0. The van der Waals surface area contributed by atoms with E-state index in [2.05, 4.69) is 0 Å². The van der Waals surface area contributed by atoms with Gasteiger partial charge < -0.3 is 5.11 Å². The molecule has 0 aliphatic rings. The summed E-state index contributed by atoms with van der Waals surface area (Å²) in [7, 11) is 0. The SMILES string of the molecule is Cc1ccc(O)c(-c2ccc(Cl)cc2Cl)c1. The lowest BCUT2D eigenvalue weighted by Gasteiger charge is -2.08. The Hall–Kier alpha value is -1.18. The van der Waals surface area contributed by atoms with Crippen LogP contribution in [0.25, 0.3) is 11.1 Å². The molecule has 3 heteroatoms. The lowest BCUT2D eigenvalue weighted by molar-refractivity contribution is 0.477. The molecule has 1 N–H and O–H groups in total. The van der Waals surface area contributed by atoms with Crippen LogP contribution in [-0.4, -0.2) is 5.11 Å². The van der Waals surface area contributed by atoms with Crippen LogP contribution in [0.2, 0.25) is 10.0 Å². The zero-order chi connectivity index (χ0) is 11.7. The number of aromatic hydroxyl groups is 1. The minimum absolute atomic E-state index is 0.217. The van der Waals surface area contributed by atoms with Crippen LogP contribution in [0.3, 0.4) is 0 Å². The molecule has 0 bridgehead atoms. The van der Waals surface area contributed by atoms with Gasteiger partial charge in [-0.1, -0.05) is 40.9 Å². The fourth-order valence-electron chi connectivity index (χ4n) is 1.57. The van der Waals surface area contributed by atoms with Crippen LogP contribution in [-0.2, 0) is 0 Å². The standard InChI is InChI=1S/C13H10Cl2O/c1-8-2-5-13(16)11(6-8)10-4-3-9(14)7-12(10)15/h2-7,16H,1H3. The van der Waals surface area contributed by atoms with Crippen molar-refractivity contribution in [2.75, 3.05) is 0 Å². The number of phenols is 1. The Morgan fingerprint density at radius 2 is 1.69 bits per heavy atom. The van der Waals surface area contributed by atoms with Crippen LogP contribution in [0, 0.1) is 6.92 Å². The van der Waals surface area contributed by atoms with Crippen LogP contribution in [0.4, 0.5) is 0 Å². The quantitative estimate of drug-likeness (QED) is 0.782. The molecule has 0 saturated heterocycles. The van der Waals surface area contributed by atoms with E-state index in [1.807, 2.05) is 19.1 Å².